The Morgan fingerprint density at radius 2 is 0.861 bits per heavy atom. The topological polar surface area (TPSA) is 84.9 Å². The Morgan fingerprint density at radius 1 is 0.556 bits per heavy atom. The van der Waals surface area contributed by atoms with Gasteiger partial charge in [-0.1, -0.05) is 17.7 Å². The average molecular weight is 525 g/mol. The normalized spacial score (nSPS) is 10.8. The number of ether oxygens (including phenoxy) is 3. The predicted molar refractivity (Wildman–Crippen MR) is 140 cm³/mol. The van der Waals surface area contributed by atoms with Gasteiger partial charge in [-0.05, 0) is 91.9 Å². The highest BCUT2D eigenvalue weighted by Crippen LogP contribution is 2.33. The molecule has 0 N–H and O–H groups in total. The van der Waals surface area contributed by atoms with Gasteiger partial charge in [0.25, 0.3) is 0 Å². The maximum absolute atomic E-state index is 10.4. The molecule has 0 spiro atoms. The lowest BCUT2D eigenvalue weighted by Gasteiger charge is -2.10. The molecule has 0 aliphatic heterocycles. The van der Waals surface area contributed by atoms with E-state index in [0.29, 0.717) is 0 Å². The molecule has 0 atom stereocenters. The lowest BCUT2D eigenvalue weighted by molar-refractivity contribution is 0.414. The maximum Gasteiger partial charge on any atom is 0.166 e. The van der Waals surface area contributed by atoms with Gasteiger partial charge >= 0.3 is 0 Å². The van der Waals surface area contributed by atoms with Crippen LogP contribution in [-0.2, 0) is 21.0 Å². The summed E-state index contributed by atoms with van der Waals surface area (Å²) in [6.07, 6.45) is 0. The minimum atomic E-state index is -4.27. The van der Waals surface area contributed by atoms with E-state index < -0.39 is 10.1 Å². The Hall–Kier alpha value is -3.46. The van der Waals surface area contributed by atoms with Crippen LogP contribution < -0.4 is 14.2 Å². The third-order valence-electron chi connectivity index (χ3n) is 5.20. The van der Waals surface area contributed by atoms with Crippen molar-refractivity contribution in [2.45, 2.75) is 26.5 Å². The summed E-state index contributed by atoms with van der Waals surface area (Å²) in [4.78, 5) is 3.52. The Labute approximate surface area is 215 Å². The van der Waals surface area contributed by atoms with Gasteiger partial charge in [0.15, 0.2) is 14.7 Å². The highest BCUT2D eigenvalue weighted by atomic mass is 32.2. The molecule has 188 valence electrons. The molecule has 0 unspecified atom stereocenters. The van der Waals surface area contributed by atoms with E-state index in [1.165, 1.54) is 26.8 Å². The van der Waals surface area contributed by atoms with E-state index in [-0.39, 0.29) is 15.8 Å². The molecule has 4 aromatic rings. The van der Waals surface area contributed by atoms with Crippen LogP contribution in [0.15, 0.2) is 117 Å². The second-order valence-corrected chi connectivity index (χ2v) is 11.0. The second kappa shape index (κ2) is 12.5. The fourth-order valence-corrected chi connectivity index (χ4v) is 5.76. The van der Waals surface area contributed by atoms with Gasteiger partial charge in [-0.15, -0.1) is 0 Å². The minimum absolute atomic E-state index is 0.178. The van der Waals surface area contributed by atoms with E-state index >= 15 is 0 Å². The number of benzene rings is 4. The zero-order valence-corrected chi connectivity index (χ0v) is 22.1. The molecule has 0 aliphatic carbocycles. The summed E-state index contributed by atoms with van der Waals surface area (Å²) in [5, 5.41) is 0. The van der Waals surface area contributed by atoms with Gasteiger partial charge in [0.2, 0.25) is 0 Å². The van der Waals surface area contributed by atoms with Gasteiger partial charge in [0.1, 0.15) is 27.4 Å². The molecule has 0 bridgehead atoms. The number of rotatable bonds is 7. The fraction of sp³-hybridized carbons (Fsp3) is 0.143. The number of hydrogen-bond acceptors (Lipinski definition) is 6. The Bertz CT molecular complexity index is 1220. The number of hydrogen-bond donors (Lipinski definition) is 0. The molecule has 0 radical (unpaired) electrons. The van der Waals surface area contributed by atoms with Gasteiger partial charge in [-0.3, -0.25) is 0 Å². The van der Waals surface area contributed by atoms with Gasteiger partial charge in [0.05, 0.1) is 37.1 Å². The van der Waals surface area contributed by atoms with Crippen LogP contribution >= 0.6 is 0 Å². The van der Waals surface area contributed by atoms with E-state index in [4.69, 9.17) is 14.2 Å². The van der Waals surface area contributed by atoms with Crippen LogP contribution in [0.1, 0.15) is 5.56 Å². The van der Waals surface area contributed by atoms with Crippen molar-refractivity contribution in [2.75, 3.05) is 21.3 Å². The van der Waals surface area contributed by atoms with Crippen molar-refractivity contribution >= 4 is 21.0 Å². The van der Waals surface area contributed by atoms with E-state index in [1.807, 2.05) is 43.3 Å². The van der Waals surface area contributed by atoms with E-state index in [0.717, 1.165) is 22.8 Å². The van der Waals surface area contributed by atoms with Crippen molar-refractivity contribution in [2.24, 2.45) is 0 Å². The molecule has 0 saturated carbocycles. The summed E-state index contributed by atoms with van der Waals surface area (Å²) in [5.41, 5.74) is 0.928. The summed E-state index contributed by atoms with van der Waals surface area (Å²) in [6.45, 7) is 1.82. The van der Waals surface area contributed by atoms with Crippen LogP contribution in [0.2, 0.25) is 0 Å². The maximum atomic E-state index is 10.4. The van der Waals surface area contributed by atoms with Crippen molar-refractivity contribution in [3.05, 3.63) is 103 Å². The Kier molecular flexibility index (Phi) is 9.41. The molecule has 36 heavy (non-hydrogen) atoms. The average Bonchev–Trinajstić information content (AvgIpc) is 2.90. The third kappa shape index (κ3) is 7.27. The van der Waals surface area contributed by atoms with Crippen LogP contribution in [0, 0.1) is 6.92 Å². The van der Waals surface area contributed by atoms with Crippen molar-refractivity contribution in [3.8, 4) is 17.2 Å². The standard InChI is InChI=1S/C21H21O3S.C7H8O3S/c1-22-16-4-10-19(11-5-16)25(20-12-6-17(23-2)7-13-20)21-14-8-18(24-3)9-15-21;1-6-2-4-7(5-3-6)11(8,9)10/h4-15H,1-3H3;2-5H,1H3,(H,8,9,10)/q+1;/p-1. The largest absolute Gasteiger partial charge is 0.744 e. The summed E-state index contributed by atoms with van der Waals surface area (Å²) in [7, 11) is 0.565. The first-order chi connectivity index (χ1) is 17.2. The Morgan fingerprint density at radius 3 is 1.11 bits per heavy atom. The van der Waals surface area contributed by atoms with E-state index in [2.05, 4.69) is 36.4 Å². The molecular weight excluding hydrogens is 496 g/mol. The van der Waals surface area contributed by atoms with Gasteiger partial charge in [-0.2, -0.15) is 0 Å². The van der Waals surface area contributed by atoms with Crippen LogP contribution in [0.4, 0.5) is 0 Å². The molecule has 0 fully saturated rings. The fourth-order valence-electron chi connectivity index (χ4n) is 3.25. The van der Waals surface area contributed by atoms with Crippen molar-refractivity contribution in [1.82, 2.24) is 0 Å². The monoisotopic (exact) mass is 524 g/mol. The van der Waals surface area contributed by atoms with Gasteiger partial charge in [0, 0.05) is 0 Å². The second-order valence-electron chi connectivity index (χ2n) is 7.60. The first-order valence-electron chi connectivity index (χ1n) is 10.9. The number of methoxy groups -OCH3 is 3. The van der Waals surface area contributed by atoms with Crippen LogP contribution in [0.25, 0.3) is 0 Å². The van der Waals surface area contributed by atoms with Gasteiger partial charge < -0.3 is 18.8 Å². The SMILES string of the molecule is COc1ccc([S+](c2ccc(OC)cc2)c2ccc(OC)cc2)cc1.Cc1ccc(S(=O)(=O)[O-])cc1. The van der Waals surface area contributed by atoms with Crippen LogP contribution in [-0.4, -0.2) is 34.3 Å². The minimum Gasteiger partial charge on any atom is -0.744 e. The zero-order valence-electron chi connectivity index (χ0n) is 20.5. The van der Waals surface area contributed by atoms with Crippen LogP contribution in [0.3, 0.4) is 0 Å². The molecule has 4 rings (SSSR count). The highest BCUT2D eigenvalue weighted by molar-refractivity contribution is 7.97. The molecule has 4 aromatic carbocycles. The van der Waals surface area contributed by atoms with Crippen LogP contribution in [0.5, 0.6) is 17.2 Å². The summed E-state index contributed by atoms with van der Waals surface area (Å²) in [5.74, 6) is 2.57. The third-order valence-corrected chi connectivity index (χ3v) is 8.28. The lowest BCUT2D eigenvalue weighted by Crippen LogP contribution is -2.05. The lowest BCUT2D eigenvalue weighted by atomic mass is 10.2. The summed E-state index contributed by atoms with van der Waals surface area (Å²) in [6, 6.07) is 30.5. The molecular formula is C28H28O6S2. The molecule has 0 heterocycles. The first-order valence-corrected chi connectivity index (χ1v) is 13.6. The summed E-state index contributed by atoms with van der Waals surface area (Å²) < 4.78 is 47.0. The molecule has 0 aromatic heterocycles. The molecule has 0 aliphatic rings. The quantitative estimate of drug-likeness (QED) is 0.228. The van der Waals surface area contributed by atoms with Crippen molar-refractivity contribution in [3.63, 3.8) is 0 Å². The Balaban J connectivity index is 0.000000275. The molecule has 6 nitrogen and oxygen atoms in total. The van der Waals surface area contributed by atoms with Crippen molar-refractivity contribution in [1.29, 1.82) is 0 Å². The van der Waals surface area contributed by atoms with Gasteiger partial charge in [-0.25, -0.2) is 8.42 Å². The predicted octanol–water partition coefficient (Wildman–Crippen LogP) is 5.71. The van der Waals surface area contributed by atoms with Crippen molar-refractivity contribution < 1.29 is 27.2 Å². The molecule has 8 heteroatoms. The highest BCUT2D eigenvalue weighted by Gasteiger charge is 2.28. The zero-order chi connectivity index (χ0) is 26.1. The molecule has 0 amide bonds. The van der Waals surface area contributed by atoms with E-state index in [1.54, 1.807) is 33.5 Å². The smallest absolute Gasteiger partial charge is 0.166 e. The first kappa shape index (κ1) is 27.1. The van der Waals surface area contributed by atoms with E-state index in [9.17, 15) is 13.0 Å². The molecule has 0 saturated heterocycles. The summed E-state index contributed by atoms with van der Waals surface area (Å²) >= 11 is 0. The number of aryl methyl sites for hydroxylation is 1.